The molecular formula is C19H20N4O2. The van der Waals surface area contributed by atoms with Crippen molar-refractivity contribution >= 4 is 22.9 Å². The van der Waals surface area contributed by atoms with Gasteiger partial charge in [-0.05, 0) is 25.1 Å². The Morgan fingerprint density at radius 3 is 2.88 bits per heavy atom. The van der Waals surface area contributed by atoms with Gasteiger partial charge in [0.15, 0.2) is 0 Å². The van der Waals surface area contributed by atoms with Gasteiger partial charge in [-0.1, -0.05) is 24.3 Å². The summed E-state index contributed by atoms with van der Waals surface area (Å²) in [5.74, 6) is -0.292. The zero-order valence-electron chi connectivity index (χ0n) is 14.2. The van der Waals surface area contributed by atoms with E-state index in [4.69, 9.17) is 0 Å². The van der Waals surface area contributed by atoms with Crippen LogP contribution in [0.3, 0.4) is 0 Å². The number of amides is 1. The molecule has 0 saturated carbocycles. The number of carbonyl (C=O) groups is 1. The molecule has 0 saturated heterocycles. The second-order valence-corrected chi connectivity index (χ2v) is 6.16. The first-order valence-corrected chi connectivity index (χ1v) is 7.97. The minimum absolute atomic E-state index is 0.0903. The molecule has 0 radical (unpaired) electrons. The number of nitrogens with one attached hydrogen (secondary N) is 1. The highest BCUT2D eigenvalue weighted by atomic mass is 16.3. The van der Waals surface area contributed by atoms with Gasteiger partial charge >= 0.3 is 0 Å². The van der Waals surface area contributed by atoms with Gasteiger partial charge in [0.1, 0.15) is 5.60 Å². The third-order valence-corrected chi connectivity index (χ3v) is 3.96. The van der Waals surface area contributed by atoms with Crippen molar-refractivity contribution in [3.8, 4) is 0 Å². The Kier molecular flexibility index (Phi) is 4.63. The highest BCUT2D eigenvalue weighted by molar-refractivity contribution is 5.92. The maximum atomic E-state index is 12.0. The van der Waals surface area contributed by atoms with Crippen molar-refractivity contribution in [2.75, 3.05) is 6.54 Å². The van der Waals surface area contributed by atoms with E-state index in [1.165, 1.54) is 6.08 Å². The Bertz CT molecular complexity index is 928. The van der Waals surface area contributed by atoms with Gasteiger partial charge in [0.2, 0.25) is 5.91 Å². The van der Waals surface area contributed by atoms with Crippen molar-refractivity contribution in [2.24, 2.45) is 7.05 Å². The van der Waals surface area contributed by atoms with E-state index in [9.17, 15) is 9.90 Å². The standard InChI is InChI=1S/C19H20N4O2/c1-19(25,15-11-21-23(2)12-15)13-20-18(24)10-9-16-8-7-14-5-3-4-6-17(14)22-16/h3-12,25H,13H2,1-2H3,(H,20,24)/b10-9+/t19-/m0/s1. The number of carbonyl (C=O) groups excluding carboxylic acids is 1. The van der Waals surface area contributed by atoms with Gasteiger partial charge < -0.3 is 10.4 Å². The van der Waals surface area contributed by atoms with Crippen LogP contribution in [0.1, 0.15) is 18.2 Å². The Morgan fingerprint density at radius 2 is 2.12 bits per heavy atom. The molecule has 0 aliphatic rings. The molecule has 6 nitrogen and oxygen atoms in total. The van der Waals surface area contributed by atoms with E-state index in [-0.39, 0.29) is 12.5 Å². The lowest BCUT2D eigenvalue weighted by Gasteiger charge is -2.21. The Hall–Kier alpha value is -2.99. The fraction of sp³-hybridized carbons (Fsp3) is 0.211. The smallest absolute Gasteiger partial charge is 0.244 e. The highest BCUT2D eigenvalue weighted by Gasteiger charge is 2.24. The number of fused-ring (bicyclic) bond motifs is 1. The predicted octanol–water partition coefficient (Wildman–Crippen LogP) is 2.01. The van der Waals surface area contributed by atoms with Crippen LogP contribution in [-0.4, -0.2) is 32.3 Å². The second-order valence-electron chi connectivity index (χ2n) is 6.16. The van der Waals surface area contributed by atoms with Crippen molar-refractivity contribution in [2.45, 2.75) is 12.5 Å². The molecule has 0 spiro atoms. The summed E-state index contributed by atoms with van der Waals surface area (Å²) in [6, 6.07) is 11.6. The minimum atomic E-state index is -1.18. The molecule has 25 heavy (non-hydrogen) atoms. The van der Waals surface area contributed by atoms with Gasteiger partial charge in [0, 0.05) is 30.3 Å². The van der Waals surface area contributed by atoms with Crippen LogP contribution in [0, 0.1) is 0 Å². The summed E-state index contributed by atoms with van der Waals surface area (Å²) in [4.78, 5) is 16.5. The van der Waals surface area contributed by atoms with Crippen LogP contribution in [0.5, 0.6) is 0 Å². The van der Waals surface area contributed by atoms with Crippen molar-refractivity contribution < 1.29 is 9.90 Å². The fourth-order valence-corrected chi connectivity index (χ4v) is 2.46. The second kappa shape index (κ2) is 6.86. The molecule has 0 aliphatic heterocycles. The van der Waals surface area contributed by atoms with E-state index in [2.05, 4.69) is 15.4 Å². The van der Waals surface area contributed by atoms with Crippen LogP contribution < -0.4 is 5.32 Å². The molecule has 3 aromatic rings. The first-order chi connectivity index (χ1) is 11.9. The molecular weight excluding hydrogens is 316 g/mol. The minimum Gasteiger partial charge on any atom is -0.383 e. The molecule has 2 aromatic heterocycles. The lowest BCUT2D eigenvalue weighted by atomic mass is 10.00. The molecule has 0 fully saturated rings. The molecule has 1 amide bonds. The van der Waals surface area contributed by atoms with Gasteiger partial charge in [0.05, 0.1) is 24.0 Å². The molecule has 0 aliphatic carbocycles. The summed E-state index contributed by atoms with van der Waals surface area (Å²) in [7, 11) is 1.78. The summed E-state index contributed by atoms with van der Waals surface area (Å²) < 4.78 is 1.61. The van der Waals surface area contributed by atoms with E-state index in [1.807, 2.05) is 36.4 Å². The van der Waals surface area contributed by atoms with Crippen molar-refractivity contribution in [3.05, 3.63) is 66.1 Å². The van der Waals surface area contributed by atoms with Gasteiger partial charge in [-0.3, -0.25) is 9.48 Å². The number of aromatic nitrogens is 3. The van der Waals surface area contributed by atoms with E-state index < -0.39 is 5.60 Å². The number of benzene rings is 1. The number of aliphatic hydroxyl groups is 1. The van der Waals surface area contributed by atoms with E-state index in [1.54, 1.807) is 37.1 Å². The lowest BCUT2D eigenvalue weighted by Crippen LogP contribution is -2.37. The van der Waals surface area contributed by atoms with Crippen LogP contribution in [0.25, 0.3) is 17.0 Å². The zero-order valence-corrected chi connectivity index (χ0v) is 14.2. The molecule has 0 bridgehead atoms. The molecule has 1 atom stereocenters. The summed E-state index contributed by atoms with van der Waals surface area (Å²) >= 11 is 0. The summed E-state index contributed by atoms with van der Waals surface area (Å²) in [6.07, 6.45) is 6.37. The highest BCUT2D eigenvalue weighted by Crippen LogP contribution is 2.18. The topological polar surface area (TPSA) is 80.0 Å². The SMILES string of the molecule is Cn1cc([C@@](C)(O)CNC(=O)/C=C/c2ccc3ccccc3n2)cn1. The van der Waals surface area contributed by atoms with Crippen molar-refractivity contribution in [1.82, 2.24) is 20.1 Å². The number of para-hydroxylation sites is 1. The fourth-order valence-electron chi connectivity index (χ4n) is 2.46. The zero-order chi connectivity index (χ0) is 17.9. The summed E-state index contributed by atoms with van der Waals surface area (Å²) in [6.45, 7) is 1.73. The van der Waals surface area contributed by atoms with Gasteiger partial charge in [-0.2, -0.15) is 5.10 Å². The maximum Gasteiger partial charge on any atom is 0.244 e. The first kappa shape index (κ1) is 16.9. The molecule has 1 aromatic carbocycles. The van der Waals surface area contributed by atoms with Crippen LogP contribution in [0.4, 0.5) is 0 Å². The number of hydrogen-bond donors (Lipinski definition) is 2. The Balaban J connectivity index is 1.62. The maximum absolute atomic E-state index is 12.0. The molecule has 2 N–H and O–H groups in total. The number of nitrogens with zero attached hydrogens (tertiary/aromatic N) is 3. The van der Waals surface area contributed by atoms with Gasteiger partial charge in [-0.25, -0.2) is 4.98 Å². The average Bonchev–Trinajstić information content (AvgIpc) is 3.05. The van der Waals surface area contributed by atoms with E-state index in [0.29, 0.717) is 11.3 Å². The monoisotopic (exact) mass is 336 g/mol. The lowest BCUT2D eigenvalue weighted by molar-refractivity contribution is -0.117. The molecule has 3 rings (SSSR count). The Morgan fingerprint density at radius 1 is 1.32 bits per heavy atom. The summed E-state index contributed by atoms with van der Waals surface area (Å²) in [5.41, 5.74) is 1.05. The van der Waals surface area contributed by atoms with Crippen molar-refractivity contribution in [1.29, 1.82) is 0 Å². The largest absolute Gasteiger partial charge is 0.383 e. The third kappa shape index (κ3) is 4.10. The van der Waals surface area contributed by atoms with Crippen LogP contribution in [0.15, 0.2) is 54.9 Å². The van der Waals surface area contributed by atoms with Crippen LogP contribution in [-0.2, 0) is 17.4 Å². The summed E-state index contributed by atoms with van der Waals surface area (Å²) in [5, 5.41) is 18.2. The molecule has 2 heterocycles. The molecule has 0 unspecified atom stereocenters. The first-order valence-electron chi connectivity index (χ1n) is 7.97. The number of hydrogen-bond acceptors (Lipinski definition) is 4. The average molecular weight is 336 g/mol. The van der Waals surface area contributed by atoms with Gasteiger partial charge in [-0.15, -0.1) is 0 Å². The van der Waals surface area contributed by atoms with E-state index >= 15 is 0 Å². The van der Waals surface area contributed by atoms with Crippen LogP contribution >= 0.6 is 0 Å². The van der Waals surface area contributed by atoms with Crippen LogP contribution in [0.2, 0.25) is 0 Å². The van der Waals surface area contributed by atoms with E-state index in [0.717, 1.165) is 10.9 Å². The molecule has 6 heteroatoms. The van der Waals surface area contributed by atoms with Crippen molar-refractivity contribution in [3.63, 3.8) is 0 Å². The third-order valence-electron chi connectivity index (χ3n) is 3.96. The number of aryl methyl sites for hydroxylation is 1. The number of rotatable bonds is 5. The number of pyridine rings is 1. The predicted molar refractivity (Wildman–Crippen MR) is 96.6 cm³/mol. The quantitative estimate of drug-likeness (QED) is 0.699. The molecule has 128 valence electrons. The van der Waals surface area contributed by atoms with Gasteiger partial charge in [0.25, 0.3) is 0 Å². The Labute approximate surface area is 145 Å². The normalized spacial score (nSPS) is 13.9.